The Morgan fingerprint density at radius 1 is 1.10 bits per heavy atom. The zero-order valence-corrected chi connectivity index (χ0v) is 12.8. The van der Waals surface area contributed by atoms with Crippen molar-refractivity contribution >= 4 is 11.0 Å². The molecular formula is C16H23N3O. The van der Waals surface area contributed by atoms with Gasteiger partial charge < -0.3 is 15.3 Å². The van der Waals surface area contributed by atoms with Gasteiger partial charge in [-0.15, -0.1) is 0 Å². The lowest BCUT2D eigenvalue weighted by Crippen LogP contribution is -2.25. The molecule has 0 bridgehead atoms. The first-order valence-electron chi connectivity index (χ1n) is 7.21. The summed E-state index contributed by atoms with van der Waals surface area (Å²) in [5.41, 5.74) is 3.43. The third-order valence-corrected chi connectivity index (χ3v) is 5.48. The highest BCUT2D eigenvalue weighted by molar-refractivity contribution is 5.75. The number of imidazole rings is 1. The van der Waals surface area contributed by atoms with Crippen LogP contribution in [0, 0.1) is 10.8 Å². The van der Waals surface area contributed by atoms with Gasteiger partial charge in [-0.05, 0) is 35.4 Å². The average Bonchev–Trinajstić information content (AvgIpc) is 2.67. The molecule has 0 saturated heterocycles. The fourth-order valence-electron chi connectivity index (χ4n) is 3.28. The van der Waals surface area contributed by atoms with Crippen molar-refractivity contribution in [2.45, 2.75) is 46.7 Å². The maximum Gasteiger partial charge on any atom is 0.323 e. The maximum atomic E-state index is 11.3. The smallest absolute Gasteiger partial charge is 0.306 e. The Morgan fingerprint density at radius 2 is 1.70 bits per heavy atom. The molecule has 1 fully saturated rings. The van der Waals surface area contributed by atoms with E-state index in [1.807, 2.05) is 12.1 Å². The lowest BCUT2D eigenvalue weighted by Gasteiger charge is -2.16. The van der Waals surface area contributed by atoms with Gasteiger partial charge in [0.25, 0.3) is 0 Å². The molecule has 2 aromatic rings. The highest BCUT2D eigenvalue weighted by Crippen LogP contribution is 2.63. The van der Waals surface area contributed by atoms with Crippen LogP contribution in [0.25, 0.3) is 11.0 Å². The monoisotopic (exact) mass is 273 g/mol. The maximum absolute atomic E-state index is 11.3. The molecule has 1 saturated carbocycles. The predicted octanol–water partition coefficient (Wildman–Crippen LogP) is 2.94. The number of nitrogens with one attached hydrogen (secondary N) is 3. The topological polar surface area (TPSA) is 60.7 Å². The fraction of sp³-hybridized carbons (Fsp3) is 0.562. The molecule has 4 nitrogen and oxygen atoms in total. The highest BCUT2D eigenvalue weighted by Gasteiger charge is 2.64. The molecule has 0 spiro atoms. The molecule has 1 atom stereocenters. The summed E-state index contributed by atoms with van der Waals surface area (Å²) in [7, 11) is 0. The van der Waals surface area contributed by atoms with E-state index >= 15 is 0 Å². The van der Waals surface area contributed by atoms with E-state index in [2.05, 4.69) is 56.0 Å². The number of benzene rings is 1. The summed E-state index contributed by atoms with van der Waals surface area (Å²) in [6.45, 7) is 11.4. The van der Waals surface area contributed by atoms with Crippen LogP contribution in [-0.2, 0) is 0 Å². The number of rotatable bonds is 3. The molecule has 1 aliphatic carbocycles. The van der Waals surface area contributed by atoms with Crippen LogP contribution in [0.15, 0.2) is 23.0 Å². The lowest BCUT2D eigenvalue weighted by molar-refractivity contribution is 0.457. The summed E-state index contributed by atoms with van der Waals surface area (Å²) in [6.07, 6.45) is 0. The first-order valence-corrected chi connectivity index (χ1v) is 7.21. The van der Waals surface area contributed by atoms with Crippen molar-refractivity contribution in [1.29, 1.82) is 0 Å². The third kappa shape index (κ3) is 1.82. The number of hydrogen-bond acceptors (Lipinski definition) is 2. The van der Waals surface area contributed by atoms with E-state index in [1.165, 1.54) is 5.56 Å². The molecule has 1 aliphatic rings. The summed E-state index contributed by atoms with van der Waals surface area (Å²) in [6, 6.07) is 6.87. The van der Waals surface area contributed by atoms with Crippen LogP contribution in [0.3, 0.4) is 0 Å². The van der Waals surface area contributed by atoms with Crippen LogP contribution >= 0.6 is 0 Å². The predicted molar refractivity (Wildman–Crippen MR) is 81.8 cm³/mol. The second-order valence-corrected chi connectivity index (χ2v) is 7.15. The molecule has 1 aromatic carbocycles. The molecule has 1 heterocycles. The largest absolute Gasteiger partial charge is 0.323 e. The van der Waals surface area contributed by atoms with Crippen molar-refractivity contribution in [2.24, 2.45) is 10.8 Å². The summed E-state index contributed by atoms with van der Waals surface area (Å²) in [5.74, 6) is 0. The van der Waals surface area contributed by atoms with Gasteiger partial charge in [0.1, 0.15) is 0 Å². The van der Waals surface area contributed by atoms with Crippen molar-refractivity contribution < 1.29 is 0 Å². The van der Waals surface area contributed by atoms with E-state index in [0.717, 1.165) is 11.0 Å². The molecule has 1 aromatic heterocycles. The molecule has 0 radical (unpaired) electrons. The van der Waals surface area contributed by atoms with Crippen molar-refractivity contribution in [3.05, 3.63) is 34.2 Å². The van der Waals surface area contributed by atoms with Crippen molar-refractivity contribution in [2.75, 3.05) is 0 Å². The number of fused-ring (bicyclic) bond motifs is 1. The molecule has 4 heteroatoms. The zero-order valence-electron chi connectivity index (χ0n) is 12.8. The minimum atomic E-state index is -0.151. The second kappa shape index (κ2) is 3.98. The van der Waals surface area contributed by atoms with Crippen LogP contribution in [0.2, 0.25) is 0 Å². The first-order chi connectivity index (χ1) is 9.23. The van der Waals surface area contributed by atoms with E-state index in [0.29, 0.717) is 16.9 Å². The minimum absolute atomic E-state index is 0.151. The van der Waals surface area contributed by atoms with Crippen LogP contribution in [0.1, 0.15) is 46.2 Å². The summed E-state index contributed by atoms with van der Waals surface area (Å²) >= 11 is 0. The Balaban J connectivity index is 1.83. The number of hydrogen-bond donors (Lipinski definition) is 3. The molecule has 3 rings (SSSR count). The number of aromatic amines is 2. The van der Waals surface area contributed by atoms with Gasteiger partial charge in [0.15, 0.2) is 0 Å². The Kier molecular flexibility index (Phi) is 2.67. The zero-order chi connectivity index (χ0) is 14.7. The van der Waals surface area contributed by atoms with E-state index < -0.39 is 0 Å². The number of H-pyrrole nitrogens is 2. The molecule has 0 amide bonds. The van der Waals surface area contributed by atoms with Crippen LogP contribution < -0.4 is 11.0 Å². The first kappa shape index (κ1) is 13.4. The van der Waals surface area contributed by atoms with Crippen LogP contribution in [0.4, 0.5) is 0 Å². The molecule has 1 unspecified atom stereocenters. The van der Waals surface area contributed by atoms with Crippen LogP contribution in [-0.4, -0.2) is 16.0 Å². The van der Waals surface area contributed by atoms with Gasteiger partial charge in [0, 0.05) is 12.1 Å². The van der Waals surface area contributed by atoms with Gasteiger partial charge in [0.2, 0.25) is 0 Å². The summed E-state index contributed by atoms with van der Waals surface area (Å²) < 4.78 is 0. The van der Waals surface area contributed by atoms with E-state index in [9.17, 15) is 4.79 Å². The van der Waals surface area contributed by atoms with Gasteiger partial charge in [-0.2, -0.15) is 0 Å². The van der Waals surface area contributed by atoms with E-state index in [-0.39, 0.29) is 11.7 Å². The van der Waals surface area contributed by atoms with Gasteiger partial charge in [-0.25, -0.2) is 4.79 Å². The molecule has 108 valence electrons. The molecule has 0 aliphatic heterocycles. The van der Waals surface area contributed by atoms with Gasteiger partial charge in [-0.3, -0.25) is 0 Å². The normalized spacial score (nSPS) is 22.1. The summed E-state index contributed by atoms with van der Waals surface area (Å²) in [5, 5.41) is 3.72. The van der Waals surface area contributed by atoms with Gasteiger partial charge in [-0.1, -0.05) is 33.8 Å². The molecule has 20 heavy (non-hydrogen) atoms. The van der Waals surface area contributed by atoms with Crippen molar-refractivity contribution in [1.82, 2.24) is 15.3 Å². The second-order valence-electron chi connectivity index (χ2n) is 7.15. The van der Waals surface area contributed by atoms with Gasteiger partial charge in [0.05, 0.1) is 11.0 Å². The average molecular weight is 273 g/mol. The van der Waals surface area contributed by atoms with Crippen molar-refractivity contribution in [3.63, 3.8) is 0 Å². The summed E-state index contributed by atoms with van der Waals surface area (Å²) in [4.78, 5) is 16.9. The Hall–Kier alpha value is -1.55. The quantitative estimate of drug-likeness (QED) is 0.805. The van der Waals surface area contributed by atoms with E-state index in [4.69, 9.17) is 0 Å². The molecular weight excluding hydrogens is 250 g/mol. The standard InChI is InChI=1S/C16H23N3O/c1-9(17-13-15(2,3)16(13,4)5)10-6-7-11-12(8-10)19-14(20)18-11/h6-9,13,17H,1-5H3,(H2,18,19,20). The highest BCUT2D eigenvalue weighted by atomic mass is 16.1. The van der Waals surface area contributed by atoms with E-state index in [1.54, 1.807) is 0 Å². The third-order valence-electron chi connectivity index (χ3n) is 5.48. The van der Waals surface area contributed by atoms with Crippen molar-refractivity contribution in [3.8, 4) is 0 Å². The van der Waals surface area contributed by atoms with Gasteiger partial charge >= 0.3 is 5.69 Å². The Labute approximate surface area is 119 Å². The lowest BCUT2D eigenvalue weighted by atomic mass is 10.0. The van der Waals surface area contributed by atoms with Crippen LogP contribution in [0.5, 0.6) is 0 Å². The minimum Gasteiger partial charge on any atom is -0.306 e. The Bertz CT molecular complexity index is 694. The Morgan fingerprint density at radius 3 is 2.30 bits per heavy atom. The SMILES string of the molecule is CC(NC1C(C)(C)C1(C)C)c1ccc2[nH]c(=O)[nH]c2c1. The number of aromatic nitrogens is 2. The molecule has 3 N–H and O–H groups in total. The fourth-order valence-corrected chi connectivity index (χ4v) is 3.28.